The number of piperazine rings is 2. The number of nitriles is 1. The van der Waals surface area contributed by atoms with E-state index in [1.54, 1.807) is 12.1 Å². The molecule has 7 heteroatoms. The van der Waals surface area contributed by atoms with Gasteiger partial charge in [-0.1, -0.05) is 24.3 Å². The maximum atomic E-state index is 14.0. The number of amides is 1. The summed E-state index contributed by atoms with van der Waals surface area (Å²) in [5.74, 6) is -0.0464. The van der Waals surface area contributed by atoms with E-state index in [0.717, 1.165) is 32.7 Å². The molecule has 31 heavy (non-hydrogen) atoms. The number of hydrogen-bond acceptors (Lipinski definition) is 5. The van der Waals surface area contributed by atoms with E-state index in [2.05, 4.69) is 15.9 Å². The Morgan fingerprint density at radius 3 is 2.16 bits per heavy atom. The molecule has 4 rings (SSSR count). The number of halogens is 1. The van der Waals surface area contributed by atoms with Gasteiger partial charge in [0.25, 0.3) is 0 Å². The van der Waals surface area contributed by atoms with Gasteiger partial charge in [0.15, 0.2) is 0 Å². The summed E-state index contributed by atoms with van der Waals surface area (Å²) >= 11 is 0. The molecule has 1 amide bonds. The van der Waals surface area contributed by atoms with Crippen LogP contribution in [0.4, 0.5) is 10.1 Å². The van der Waals surface area contributed by atoms with Crippen molar-refractivity contribution in [3.05, 3.63) is 65.5 Å². The lowest BCUT2D eigenvalue weighted by atomic mass is 10.1. The van der Waals surface area contributed by atoms with Crippen molar-refractivity contribution in [2.45, 2.75) is 6.54 Å². The van der Waals surface area contributed by atoms with Crippen LogP contribution in [0.2, 0.25) is 0 Å². The molecule has 0 atom stereocenters. The molecule has 2 heterocycles. The van der Waals surface area contributed by atoms with Crippen LogP contribution in [0.15, 0.2) is 48.5 Å². The number of hydrogen-bond donors (Lipinski definition) is 0. The highest BCUT2D eigenvalue weighted by Gasteiger charge is 2.25. The van der Waals surface area contributed by atoms with Crippen molar-refractivity contribution >= 4 is 11.6 Å². The molecule has 0 unspecified atom stereocenters. The second-order valence-corrected chi connectivity index (χ2v) is 8.18. The summed E-state index contributed by atoms with van der Waals surface area (Å²) in [5.41, 5.74) is 2.51. The first-order chi connectivity index (χ1) is 15.1. The van der Waals surface area contributed by atoms with Gasteiger partial charge in [-0.05, 0) is 29.8 Å². The largest absolute Gasteiger partial charge is 0.366 e. The van der Waals surface area contributed by atoms with Gasteiger partial charge in [0.2, 0.25) is 5.91 Å². The minimum Gasteiger partial charge on any atom is -0.366 e. The van der Waals surface area contributed by atoms with E-state index in [9.17, 15) is 9.18 Å². The van der Waals surface area contributed by atoms with Crippen molar-refractivity contribution in [1.82, 2.24) is 14.7 Å². The third kappa shape index (κ3) is 5.40. The fraction of sp³-hybridized carbons (Fsp3) is 0.417. The third-order valence-corrected chi connectivity index (χ3v) is 6.14. The number of carbonyl (C=O) groups excluding carboxylic acids is 1. The van der Waals surface area contributed by atoms with E-state index in [0.29, 0.717) is 44.0 Å². The van der Waals surface area contributed by atoms with Crippen LogP contribution in [0, 0.1) is 17.1 Å². The second kappa shape index (κ2) is 9.90. The van der Waals surface area contributed by atoms with E-state index in [4.69, 9.17) is 5.26 Å². The molecular weight excluding hydrogens is 393 g/mol. The molecule has 0 N–H and O–H groups in total. The summed E-state index contributed by atoms with van der Waals surface area (Å²) in [6, 6.07) is 16.7. The lowest BCUT2D eigenvalue weighted by molar-refractivity contribution is -0.133. The van der Waals surface area contributed by atoms with Gasteiger partial charge in [-0.2, -0.15) is 5.26 Å². The Bertz CT molecular complexity index is 926. The van der Waals surface area contributed by atoms with Crippen LogP contribution in [0.3, 0.4) is 0 Å². The smallest absolute Gasteiger partial charge is 0.236 e. The second-order valence-electron chi connectivity index (χ2n) is 8.18. The van der Waals surface area contributed by atoms with Crippen LogP contribution < -0.4 is 4.90 Å². The van der Waals surface area contributed by atoms with E-state index in [1.165, 1.54) is 11.6 Å². The Kier molecular flexibility index (Phi) is 6.80. The molecule has 2 aromatic rings. The molecule has 2 fully saturated rings. The molecule has 2 aliphatic rings. The summed E-state index contributed by atoms with van der Waals surface area (Å²) in [6.45, 7) is 7.49. The Labute approximate surface area is 183 Å². The number of anilines is 1. The molecule has 0 aliphatic carbocycles. The van der Waals surface area contributed by atoms with Gasteiger partial charge in [0.1, 0.15) is 5.82 Å². The van der Waals surface area contributed by atoms with Crippen LogP contribution >= 0.6 is 0 Å². The standard InChI is InChI=1S/C24H28FN5O/c25-22-3-1-2-4-23(22)29-13-15-30(16-14-29)24(31)19-28-11-9-27(10-12-28)18-21-7-5-20(17-26)6-8-21/h1-8H,9-16,18-19H2. The van der Waals surface area contributed by atoms with Crippen molar-refractivity contribution in [2.24, 2.45) is 0 Å². The van der Waals surface area contributed by atoms with Crippen LogP contribution in [0.5, 0.6) is 0 Å². The average molecular weight is 422 g/mol. The van der Waals surface area contributed by atoms with Crippen molar-refractivity contribution in [2.75, 3.05) is 63.8 Å². The zero-order valence-electron chi connectivity index (χ0n) is 17.7. The molecule has 0 bridgehead atoms. The van der Waals surface area contributed by atoms with Gasteiger partial charge < -0.3 is 9.80 Å². The quantitative estimate of drug-likeness (QED) is 0.741. The van der Waals surface area contributed by atoms with Crippen molar-refractivity contribution in [3.63, 3.8) is 0 Å². The molecule has 2 aromatic carbocycles. The monoisotopic (exact) mass is 421 g/mol. The van der Waals surface area contributed by atoms with Crippen LogP contribution in [-0.4, -0.2) is 79.5 Å². The minimum atomic E-state index is -0.207. The summed E-state index contributed by atoms with van der Waals surface area (Å²) in [4.78, 5) is 21.3. The van der Waals surface area contributed by atoms with Gasteiger partial charge in [0.05, 0.1) is 23.9 Å². The van der Waals surface area contributed by atoms with E-state index < -0.39 is 0 Å². The van der Waals surface area contributed by atoms with Gasteiger partial charge in [-0.3, -0.25) is 14.6 Å². The highest BCUT2D eigenvalue weighted by molar-refractivity contribution is 5.78. The fourth-order valence-corrected chi connectivity index (χ4v) is 4.24. The van der Waals surface area contributed by atoms with Crippen LogP contribution in [0.25, 0.3) is 0 Å². The lowest BCUT2D eigenvalue weighted by Crippen LogP contribution is -2.53. The predicted molar refractivity (Wildman–Crippen MR) is 118 cm³/mol. The number of para-hydroxylation sites is 1. The number of rotatable bonds is 5. The number of carbonyl (C=O) groups is 1. The molecular formula is C24H28FN5O. The Balaban J connectivity index is 1.20. The SMILES string of the molecule is N#Cc1ccc(CN2CCN(CC(=O)N3CCN(c4ccccc4F)CC3)CC2)cc1. The van der Waals surface area contributed by atoms with Crippen molar-refractivity contribution in [3.8, 4) is 6.07 Å². The highest BCUT2D eigenvalue weighted by atomic mass is 19.1. The first-order valence-corrected chi connectivity index (χ1v) is 10.8. The predicted octanol–water partition coefficient (Wildman–Crippen LogP) is 2.16. The van der Waals surface area contributed by atoms with Crippen LogP contribution in [-0.2, 0) is 11.3 Å². The molecule has 0 spiro atoms. The van der Waals surface area contributed by atoms with E-state index in [-0.39, 0.29) is 11.7 Å². The van der Waals surface area contributed by atoms with Crippen molar-refractivity contribution in [1.29, 1.82) is 5.26 Å². The molecule has 162 valence electrons. The van der Waals surface area contributed by atoms with E-state index in [1.807, 2.05) is 40.1 Å². The van der Waals surface area contributed by atoms with Gasteiger partial charge in [-0.15, -0.1) is 0 Å². The topological polar surface area (TPSA) is 53.8 Å². The first-order valence-electron chi connectivity index (χ1n) is 10.8. The molecule has 2 aliphatic heterocycles. The highest BCUT2D eigenvalue weighted by Crippen LogP contribution is 2.20. The molecule has 2 saturated heterocycles. The normalized spacial score (nSPS) is 18.1. The van der Waals surface area contributed by atoms with Gasteiger partial charge in [0, 0.05) is 58.9 Å². The zero-order valence-corrected chi connectivity index (χ0v) is 17.7. The third-order valence-electron chi connectivity index (χ3n) is 6.14. The Hall–Kier alpha value is -2.95. The Morgan fingerprint density at radius 2 is 1.52 bits per heavy atom. The first kappa shape index (κ1) is 21.3. The van der Waals surface area contributed by atoms with Gasteiger partial charge in [-0.25, -0.2) is 4.39 Å². The van der Waals surface area contributed by atoms with Crippen LogP contribution in [0.1, 0.15) is 11.1 Å². The summed E-state index contributed by atoms with van der Waals surface area (Å²) < 4.78 is 14.0. The Morgan fingerprint density at radius 1 is 0.871 bits per heavy atom. The van der Waals surface area contributed by atoms with Gasteiger partial charge >= 0.3 is 0 Å². The molecule has 0 radical (unpaired) electrons. The number of nitrogens with zero attached hydrogens (tertiary/aromatic N) is 5. The summed E-state index contributed by atoms with van der Waals surface area (Å²) in [7, 11) is 0. The summed E-state index contributed by atoms with van der Waals surface area (Å²) in [5, 5.41) is 8.91. The average Bonchev–Trinajstić information content (AvgIpc) is 2.81. The maximum absolute atomic E-state index is 14.0. The minimum absolute atomic E-state index is 0.161. The maximum Gasteiger partial charge on any atom is 0.236 e. The molecule has 6 nitrogen and oxygen atoms in total. The number of benzene rings is 2. The van der Waals surface area contributed by atoms with E-state index >= 15 is 0 Å². The van der Waals surface area contributed by atoms with Crippen molar-refractivity contribution < 1.29 is 9.18 Å². The lowest BCUT2D eigenvalue weighted by Gasteiger charge is -2.38. The molecule has 0 aromatic heterocycles. The summed E-state index contributed by atoms with van der Waals surface area (Å²) in [6.07, 6.45) is 0. The zero-order chi connectivity index (χ0) is 21.6. The molecule has 0 saturated carbocycles. The fourth-order valence-electron chi connectivity index (χ4n) is 4.24.